The van der Waals surface area contributed by atoms with Crippen LogP contribution in [0, 0.1) is 11.6 Å². The first-order valence-electron chi connectivity index (χ1n) is 5.89. The van der Waals surface area contributed by atoms with Crippen molar-refractivity contribution in [1.82, 2.24) is 10.1 Å². The highest BCUT2D eigenvalue weighted by molar-refractivity contribution is 9.10. The summed E-state index contributed by atoms with van der Waals surface area (Å²) in [5.41, 5.74) is 6.43. The van der Waals surface area contributed by atoms with Gasteiger partial charge in [-0.3, -0.25) is 0 Å². The molecule has 0 amide bonds. The fourth-order valence-corrected chi connectivity index (χ4v) is 2.22. The van der Waals surface area contributed by atoms with Crippen LogP contribution in [0.4, 0.5) is 14.5 Å². The van der Waals surface area contributed by atoms with Crippen molar-refractivity contribution in [2.75, 3.05) is 5.73 Å². The maximum atomic E-state index is 13.3. The summed E-state index contributed by atoms with van der Waals surface area (Å²) in [5.74, 6) is -0.538. The summed E-state index contributed by atoms with van der Waals surface area (Å²) in [6, 6.07) is 8.24. The molecule has 21 heavy (non-hydrogen) atoms. The third-order valence-corrected chi connectivity index (χ3v) is 3.53. The smallest absolute Gasteiger partial charge is 0.258 e. The van der Waals surface area contributed by atoms with Crippen LogP contribution < -0.4 is 5.73 Å². The molecule has 0 radical (unpaired) electrons. The monoisotopic (exact) mass is 351 g/mol. The fraction of sp³-hybridized carbons (Fsp3) is 0. The Hall–Kier alpha value is -2.28. The Kier molecular flexibility index (Phi) is 3.42. The SMILES string of the molecule is Nc1cc(-c2nc(-c3cc(F)ccc3Br)no2)ccc1F. The van der Waals surface area contributed by atoms with Crippen LogP contribution in [0.5, 0.6) is 0 Å². The molecule has 0 aliphatic carbocycles. The summed E-state index contributed by atoms with van der Waals surface area (Å²) in [5, 5.41) is 3.80. The summed E-state index contributed by atoms with van der Waals surface area (Å²) in [4.78, 5) is 4.17. The second kappa shape index (κ2) is 5.25. The molecular formula is C14H8BrF2N3O. The predicted octanol–water partition coefficient (Wildman–Crippen LogP) is 4.03. The van der Waals surface area contributed by atoms with Crippen molar-refractivity contribution in [2.24, 2.45) is 0 Å². The lowest BCUT2D eigenvalue weighted by molar-refractivity contribution is 0.432. The van der Waals surface area contributed by atoms with Crippen molar-refractivity contribution >= 4 is 21.6 Å². The summed E-state index contributed by atoms with van der Waals surface area (Å²) >= 11 is 3.30. The first kappa shape index (κ1) is 13.7. The molecule has 0 unspecified atom stereocenters. The number of aromatic nitrogens is 2. The van der Waals surface area contributed by atoms with E-state index in [1.807, 2.05) is 0 Å². The number of hydrogen-bond donors (Lipinski definition) is 1. The van der Waals surface area contributed by atoms with Crippen LogP contribution in [-0.4, -0.2) is 10.1 Å². The molecular weight excluding hydrogens is 344 g/mol. The van der Waals surface area contributed by atoms with Gasteiger partial charge in [0.2, 0.25) is 5.82 Å². The lowest BCUT2D eigenvalue weighted by Crippen LogP contribution is -1.91. The Morgan fingerprint density at radius 1 is 1.10 bits per heavy atom. The molecule has 0 fully saturated rings. The molecule has 0 spiro atoms. The number of nitrogens with zero attached hydrogens (tertiary/aromatic N) is 2. The molecule has 2 N–H and O–H groups in total. The van der Waals surface area contributed by atoms with Gasteiger partial charge < -0.3 is 10.3 Å². The standard InChI is InChI=1S/C14H8BrF2N3O/c15-10-3-2-8(16)6-9(10)13-19-14(21-20-13)7-1-4-11(17)12(18)5-7/h1-6H,18H2. The zero-order chi connectivity index (χ0) is 15.0. The maximum absolute atomic E-state index is 13.3. The van der Waals surface area contributed by atoms with E-state index in [0.717, 1.165) is 0 Å². The van der Waals surface area contributed by atoms with Crippen LogP contribution in [0.2, 0.25) is 0 Å². The first-order valence-corrected chi connectivity index (χ1v) is 6.68. The van der Waals surface area contributed by atoms with Crippen molar-refractivity contribution in [3.05, 3.63) is 52.5 Å². The van der Waals surface area contributed by atoms with Gasteiger partial charge in [0.15, 0.2) is 0 Å². The minimum absolute atomic E-state index is 0.0146. The minimum Gasteiger partial charge on any atom is -0.396 e. The minimum atomic E-state index is -0.522. The Balaban J connectivity index is 2.03. The molecule has 3 rings (SSSR count). The number of nitrogen functional groups attached to an aromatic ring is 1. The van der Waals surface area contributed by atoms with Crippen molar-refractivity contribution in [3.8, 4) is 22.8 Å². The van der Waals surface area contributed by atoms with E-state index in [0.29, 0.717) is 15.6 Å². The van der Waals surface area contributed by atoms with Crippen molar-refractivity contribution in [2.45, 2.75) is 0 Å². The van der Waals surface area contributed by atoms with Gasteiger partial charge in [0.1, 0.15) is 11.6 Å². The molecule has 0 bridgehead atoms. The molecule has 3 aromatic rings. The highest BCUT2D eigenvalue weighted by Crippen LogP contribution is 2.29. The average molecular weight is 352 g/mol. The topological polar surface area (TPSA) is 64.9 Å². The fourth-order valence-electron chi connectivity index (χ4n) is 1.80. The van der Waals surface area contributed by atoms with E-state index in [-0.39, 0.29) is 17.4 Å². The van der Waals surface area contributed by atoms with Crippen molar-refractivity contribution in [1.29, 1.82) is 0 Å². The molecule has 1 aromatic heterocycles. The van der Waals surface area contributed by atoms with Crippen LogP contribution in [0.15, 0.2) is 45.4 Å². The predicted molar refractivity (Wildman–Crippen MR) is 77.2 cm³/mol. The van der Waals surface area contributed by atoms with E-state index in [2.05, 4.69) is 26.1 Å². The highest BCUT2D eigenvalue weighted by Gasteiger charge is 2.14. The highest BCUT2D eigenvalue weighted by atomic mass is 79.9. The van der Waals surface area contributed by atoms with Gasteiger partial charge in [-0.1, -0.05) is 21.1 Å². The Morgan fingerprint density at radius 2 is 1.90 bits per heavy atom. The number of anilines is 1. The van der Waals surface area contributed by atoms with Crippen LogP contribution in [0.25, 0.3) is 22.8 Å². The van der Waals surface area contributed by atoms with Gasteiger partial charge in [-0.2, -0.15) is 4.98 Å². The molecule has 7 heteroatoms. The number of hydrogen-bond acceptors (Lipinski definition) is 4. The number of rotatable bonds is 2. The van der Waals surface area contributed by atoms with Crippen LogP contribution in [-0.2, 0) is 0 Å². The second-order valence-corrected chi connectivity index (χ2v) is 5.14. The third kappa shape index (κ3) is 2.64. The van der Waals surface area contributed by atoms with Crippen molar-refractivity contribution in [3.63, 3.8) is 0 Å². The van der Waals surface area contributed by atoms with Crippen LogP contribution >= 0.6 is 15.9 Å². The van der Waals surface area contributed by atoms with Crippen LogP contribution in [0.1, 0.15) is 0 Å². The summed E-state index contributed by atoms with van der Waals surface area (Å²) < 4.78 is 32.2. The van der Waals surface area contributed by atoms with Gasteiger partial charge in [0.25, 0.3) is 5.89 Å². The molecule has 0 atom stereocenters. The molecule has 106 valence electrons. The lowest BCUT2D eigenvalue weighted by Gasteiger charge is -1.99. The number of nitrogens with two attached hydrogens (primary N) is 1. The largest absolute Gasteiger partial charge is 0.396 e. The van der Waals surface area contributed by atoms with E-state index >= 15 is 0 Å². The van der Waals surface area contributed by atoms with Gasteiger partial charge in [-0.05, 0) is 36.4 Å². The molecule has 0 saturated heterocycles. The molecule has 0 aliphatic rings. The van der Waals surface area contributed by atoms with E-state index in [4.69, 9.17) is 10.3 Å². The summed E-state index contributed by atoms with van der Waals surface area (Å²) in [6.07, 6.45) is 0. The number of benzene rings is 2. The van der Waals surface area contributed by atoms with E-state index in [1.165, 1.54) is 30.3 Å². The lowest BCUT2D eigenvalue weighted by atomic mass is 10.2. The first-order chi connectivity index (χ1) is 10.0. The summed E-state index contributed by atoms with van der Waals surface area (Å²) in [6.45, 7) is 0. The van der Waals surface area contributed by atoms with E-state index in [1.54, 1.807) is 6.07 Å². The van der Waals surface area contributed by atoms with Crippen LogP contribution in [0.3, 0.4) is 0 Å². The quantitative estimate of drug-likeness (QED) is 0.708. The van der Waals surface area contributed by atoms with Crippen molar-refractivity contribution < 1.29 is 13.3 Å². The van der Waals surface area contributed by atoms with Gasteiger partial charge in [0, 0.05) is 15.6 Å². The summed E-state index contributed by atoms with van der Waals surface area (Å²) in [7, 11) is 0. The number of halogens is 3. The zero-order valence-corrected chi connectivity index (χ0v) is 12.1. The Labute approximate surface area is 126 Å². The Bertz CT molecular complexity index is 820. The van der Waals surface area contributed by atoms with Gasteiger partial charge >= 0.3 is 0 Å². The molecule has 2 aromatic carbocycles. The molecule has 1 heterocycles. The second-order valence-electron chi connectivity index (χ2n) is 4.28. The normalized spacial score (nSPS) is 10.8. The van der Waals surface area contributed by atoms with Gasteiger partial charge in [-0.15, -0.1) is 0 Å². The van der Waals surface area contributed by atoms with E-state index in [9.17, 15) is 8.78 Å². The van der Waals surface area contributed by atoms with Gasteiger partial charge in [0.05, 0.1) is 5.69 Å². The van der Waals surface area contributed by atoms with E-state index < -0.39 is 11.6 Å². The maximum Gasteiger partial charge on any atom is 0.258 e. The molecule has 0 aliphatic heterocycles. The van der Waals surface area contributed by atoms with Gasteiger partial charge in [-0.25, -0.2) is 8.78 Å². The third-order valence-electron chi connectivity index (χ3n) is 2.84. The Morgan fingerprint density at radius 3 is 2.67 bits per heavy atom. The molecule has 0 saturated carbocycles. The molecule has 4 nitrogen and oxygen atoms in total. The zero-order valence-electron chi connectivity index (χ0n) is 10.5. The average Bonchev–Trinajstić information content (AvgIpc) is 2.94.